The molecule has 0 aliphatic heterocycles. The summed E-state index contributed by atoms with van der Waals surface area (Å²) in [6.07, 6.45) is 0. The molecule has 1 N–H and O–H groups in total. The van der Waals surface area contributed by atoms with Gasteiger partial charge in [0.1, 0.15) is 0 Å². The van der Waals surface area contributed by atoms with Gasteiger partial charge < -0.3 is 5.32 Å². The molecule has 0 fully saturated rings. The van der Waals surface area contributed by atoms with Crippen molar-refractivity contribution >= 4 is 5.69 Å². The van der Waals surface area contributed by atoms with Crippen molar-refractivity contribution in [2.75, 3.05) is 18.4 Å². The molecule has 2 nitrogen and oxygen atoms in total. The molecule has 20 heavy (non-hydrogen) atoms. The van der Waals surface area contributed by atoms with Crippen LogP contribution in [0.15, 0.2) is 54.6 Å². The first-order valence-corrected chi connectivity index (χ1v) is 7.41. The second kappa shape index (κ2) is 7.71. The largest absolute Gasteiger partial charge is 0.381 e. The van der Waals surface area contributed by atoms with Crippen molar-refractivity contribution in [1.29, 1.82) is 0 Å². The van der Waals surface area contributed by atoms with Gasteiger partial charge in [0.15, 0.2) is 0 Å². The average Bonchev–Trinajstić information content (AvgIpc) is 2.52. The van der Waals surface area contributed by atoms with E-state index in [0.29, 0.717) is 0 Å². The molecule has 0 unspecified atom stereocenters. The highest BCUT2D eigenvalue weighted by molar-refractivity contribution is 5.51. The summed E-state index contributed by atoms with van der Waals surface area (Å²) in [6.45, 7) is 8.47. The third kappa shape index (κ3) is 4.10. The summed E-state index contributed by atoms with van der Waals surface area (Å²) in [5, 5.41) is 3.56. The Morgan fingerprint density at radius 2 is 1.50 bits per heavy atom. The van der Waals surface area contributed by atoms with Crippen LogP contribution in [-0.4, -0.2) is 18.0 Å². The zero-order valence-electron chi connectivity index (χ0n) is 12.5. The fourth-order valence-corrected chi connectivity index (χ4v) is 2.31. The zero-order chi connectivity index (χ0) is 14.2. The van der Waals surface area contributed by atoms with Crippen molar-refractivity contribution < 1.29 is 0 Å². The third-order valence-electron chi connectivity index (χ3n) is 3.63. The van der Waals surface area contributed by atoms with Crippen molar-refractivity contribution in [2.45, 2.75) is 26.9 Å². The Balaban J connectivity index is 2.04. The zero-order valence-corrected chi connectivity index (χ0v) is 12.5. The Morgan fingerprint density at radius 1 is 0.850 bits per heavy atom. The van der Waals surface area contributed by atoms with Gasteiger partial charge in [-0.15, -0.1) is 0 Å². The van der Waals surface area contributed by atoms with E-state index in [1.165, 1.54) is 16.8 Å². The van der Waals surface area contributed by atoms with Crippen molar-refractivity contribution in [3.63, 3.8) is 0 Å². The summed E-state index contributed by atoms with van der Waals surface area (Å²) in [5.74, 6) is 0. The van der Waals surface area contributed by atoms with E-state index in [1.807, 2.05) is 0 Å². The lowest BCUT2D eigenvalue weighted by Gasteiger charge is -2.20. The molecule has 0 saturated carbocycles. The van der Waals surface area contributed by atoms with Gasteiger partial charge in [-0.1, -0.05) is 62.4 Å². The van der Waals surface area contributed by atoms with Crippen LogP contribution in [0, 0.1) is 0 Å². The number of nitrogens with zero attached hydrogens (tertiary/aromatic N) is 1. The maximum atomic E-state index is 3.56. The lowest BCUT2D eigenvalue weighted by Crippen LogP contribution is -2.22. The second-order valence-corrected chi connectivity index (χ2v) is 4.96. The quantitative estimate of drug-likeness (QED) is 0.812. The van der Waals surface area contributed by atoms with E-state index in [-0.39, 0.29) is 0 Å². The van der Waals surface area contributed by atoms with Gasteiger partial charge in [0.05, 0.1) is 0 Å². The first-order valence-electron chi connectivity index (χ1n) is 7.41. The SMILES string of the molecule is CCN(CC)Cc1ccccc1NCc1ccccc1. The van der Waals surface area contributed by atoms with E-state index in [1.54, 1.807) is 0 Å². The molecule has 0 heterocycles. The molecule has 2 aromatic rings. The fraction of sp³-hybridized carbons (Fsp3) is 0.333. The van der Waals surface area contributed by atoms with Gasteiger partial charge in [-0.3, -0.25) is 4.90 Å². The van der Waals surface area contributed by atoms with E-state index < -0.39 is 0 Å². The Bertz CT molecular complexity index is 504. The Labute approximate surface area is 122 Å². The van der Waals surface area contributed by atoms with Crippen LogP contribution in [0.3, 0.4) is 0 Å². The van der Waals surface area contributed by atoms with Gasteiger partial charge >= 0.3 is 0 Å². The minimum absolute atomic E-state index is 0.871. The molecule has 2 rings (SSSR count). The van der Waals surface area contributed by atoms with E-state index >= 15 is 0 Å². The van der Waals surface area contributed by atoms with Gasteiger partial charge in [0.25, 0.3) is 0 Å². The summed E-state index contributed by atoms with van der Waals surface area (Å²) < 4.78 is 0. The standard InChI is InChI=1S/C18H24N2/c1-3-20(4-2)15-17-12-8-9-13-18(17)19-14-16-10-6-5-7-11-16/h5-13,19H,3-4,14-15H2,1-2H3. The molecule has 0 amide bonds. The number of para-hydroxylation sites is 1. The topological polar surface area (TPSA) is 15.3 Å². The van der Waals surface area contributed by atoms with Crippen LogP contribution < -0.4 is 5.32 Å². The Hall–Kier alpha value is -1.80. The van der Waals surface area contributed by atoms with Gasteiger partial charge in [0, 0.05) is 18.8 Å². The van der Waals surface area contributed by atoms with E-state index in [0.717, 1.165) is 26.2 Å². The average molecular weight is 268 g/mol. The maximum Gasteiger partial charge on any atom is 0.0400 e. The maximum absolute atomic E-state index is 3.56. The molecule has 0 aliphatic carbocycles. The van der Waals surface area contributed by atoms with E-state index in [4.69, 9.17) is 0 Å². The van der Waals surface area contributed by atoms with Crippen molar-refractivity contribution in [1.82, 2.24) is 4.90 Å². The molecule has 0 saturated heterocycles. The van der Waals surface area contributed by atoms with Crippen molar-refractivity contribution in [3.05, 3.63) is 65.7 Å². The molecule has 106 valence electrons. The number of hydrogen-bond acceptors (Lipinski definition) is 2. The predicted molar refractivity (Wildman–Crippen MR) is 86.8 cm³/mol. The van der Waals surface area contributed by atoms with Crippen LogP contribution in [0.25, 0.3) is 0 Å². The van der Waals surface area contributed by atoms with Crippen LogP contribution in [0.1, 0.15) is 25.0 Å². The van der Waals surface area contributed by atoms with E-state index in [9.17, 15) is 0 Å². The molecule has 2 heteroatoms. The number of hydrogen-bond donors (Lipinski definition) is 1. The van der Waals surface area contributed by atoms with Crippen LogP contribution in [0.4, 0.5) is 5.69 Å². The number of nitrogens with one attached hydrogen (secondary N) is 1. The summed E-state index contributed by atoms with van der Waals surface area (Å²) in [5.41, 5.74) is 3.92. The van der Waals surface area contributed by atoms with Crippen LogP contribution in [0.5, 0.6) is 0 Å². The Morgan fingerprint density at radius 3 is 2.20 bits per heavy atom. The molecule has 0 aromatic heterocycles. The van der Waals surface area contributed by atoms with Gasteiger partial charge in [-0.05, 0) is 30.3 Å². The molecule has 0 aliphatic rings. The molecular formula is C18H24N2. The molecule has 2 aromatic carbocycles. The monoisotopic (exact) mass is 268 g/mol. The molecular weight excluding hydrogens is 244 g/mol. The molecule has 0 radical (unpaired) electrons. The highest BCUT2D eigenvalue weighted by Crippen LogP contribution is 2.18. The second-order valence-electron chi connectivity index (χ2n) is 4.96. The van der Waals surface area contributed by atoms with Crippen LogP contribution >= 0.6 is 0 Å². The fourth-order valence-electron chi connectivity index (χ4n) is 2.31. The normalized spacial score (nSPS) is 10.8. The van der Waals surface area contributed by atoms with Gasteiger partial charge in [-0.2, -0.15) is 0 Å². The minimum atomic E-state index is 0.871. The number of anilines is 1. The van der Waals surface area contributed by atoms with Gasteiger partial charge in [0.2, 0.25) is 0 Å². The van der Waals surface area contributed by atoms with Crippen molar-refractivity contribution in [3.8, 4) is 0 Å². The van der Waals surface area contributed by atoms with Crippen LogP contribution in [0.2, 0.25) is 0 Å². The summed E-state index contributed by atoms with van der Waals surface area (Å²) in [4.78, 5) is 2.43. The predicted octanol–water partition coefficient (Wildman–Crippen LogP) is 4.14. The lowest BCUT2D eigenvalue weighted by atomic mass is 10.1. The first-order chi connectivity index (χ1) is 9.83. The van der Waals surface area contributed by atoms with Gasteiger partial charge in [-0.25, -0.2) is 0 Å². The summed E-state index contributed by atoms with van der Waals surface area (Å²) in [6, 6.07) is 19.1. The lowest BCUT2D eigenvalue weighted by molar-refractivity contribution is 0.296. The van der Waals surface area contributed by atoms with Crippen LogP contribution in [-0.2, 0) is 13.1 Å². The van der Waals surface area contributed by atoms with E-state index in [2.05, 4.69) is 78.7 Å². The summed E-state index contributed by atoms with van der Waals surface area (Å²) in [7, 11) is 0. The Kier molecular flexibility index (Phi) is 5.63. The highest BCUT2D eigenvalue weighted by atomic mass is 15.1. The summed E-state index contributed by atoms with van der Waals surface area (Å²) >= 11 is 0. The smallest absolute Gasteiger partial charge is 0.0400 e. The van der Waals surface area contributed by atoms with Crippen molar-refractivity contribution in [2.24, 2.45) is 0 Å². The third-order valence-corrected chi connectivity index (χ3v) is 3.63. The highest BCUT2D eigenvalue weighted by Gasteiger charge is 2.05. The molecule has 0 atom stereocenters. The number of benzene rings is 2. The molecule has 0 bridgehead atoms. The number of rotatable bonds is 7. The first kappa shape index (κ1) is 14.6. The minimum Gasteiger partial charge on any atom is -0.381 e. The molecule has 0 spiro atoms.